The van der Waals surface area contributed by atoms with E-state index >= 15 is 0 Å². The van der Waals surface area contributed by atoms with E-state index in [2.05, 4.69) is 23.3 Å². The Hall–Kier alpha value is -0.610. The molecule has 1 aromatic carbocycles. The monoisotopic (exact) mass is 270 g/mol. The second kappa shape index (κ2) is 8.48. The molecule has 0 saturated heterocycles. The minimum Gasteiger partial charge on any atom is -0.396 e. The minimum absolute atomic E-state index is 0.258. The van der Waals surface area contributed by atoms with Gasteiger partial charge in [-0.05, 0) is 51.2 Å². The van der Waals surface area contributed by atoms with Crippen molar-refractivity contribution in [2.24, 2.45) is 0 Å². The van der Waals surface area contributed by atoms with E-state index in [1.54, 1.807) is 0 Å². The van der Waals surface area contributed by atoms with Gasteiger partial charge >= 0.3 is 0 Å². The summed E-state index contributed by atoms with van der Waals surface area (Å²) in [7, 11) is 4.06. The Morgan fingerprint density at radius 2 is 2.17 bits per heavy atom. The normalized spacial score (nSPS) is 12.9. The Labute approximate surface area is 115 Å². The molecule has 0 aliphatic heterocycles. The highest BCUT2D eigenvalue weighted by atomic mass is 35.5. The Balaban J connectivity index is 2.47. The molecular formula is C14H23ClN2O. The zero-order valence-electron chi connectivity index (χ0n) is 11.2. The summed E-state index contributed by atoms with van der Waals surface area (Å²) in [5, 5.41) is 12.9. The third kappa shape index (κ3) is 5.36. The summed E-state index contributed by atoms with van der Waals surface area (Å²) in [6.45, 7) is 2.19. The summed E-state index contributed by atoms with van der Waals surface area (Å²) >= 11 is 6.01. The van der Waals surface area contributed by atoms with Gasteiger partial charge in [-0.15, -0.1) is 0 Å². The zero-order chi connectivity index (χ0) is 13.4. The molecule has 18 heavy (non-hydrogen) atoms. The smallest absolute Gasteiger partial charge is 0.0443 e. The first-order valence-electron chi connectivity index (χ1n) is 6.39. The van der Waals surface area contributed by atoms with Crippen molar-refractivity contribution in [1.29, 1.82) is 0 Å². The van der Waals surface area contributed by atoms with Crippen molar-refractivity contribution in [3.05, 3.63) is 34.9 Å². The van der Waals surface area contributed by atoms with Crippen LogP contribution in [0.25, 0.3) is 0 Å². The SMILES string of the molecule is CNC(CCN(C)CCCO)c1cccc(Cl)c1. The molecule has 0 amide bonds. The molecule has 0 aliphatic rings. The number of rotatable bonds is 8. The van der Waals surface area contributed by atoms with Gasteiger partial charge in [0.25, 0.3) is 0 Å². The van der Waals surface area contributed by atoms with Gasteiger partial charge in [-0.2, -0.15) is 0 Å². The largest absolute Gasteiger partial charge is 0.396 e. The standard InChI is InChI=1S/C14H23ClN2O/c1-16-14(7-9-17(2)8-4-10-18)12-5-3-6-13(15)11-12/h3,5-6,11,14,16,18H,4,7-10H2,1-2H3. The van der Waals surface area contributed by atoms with E-state index < -0.39 is 0 Å². The summed E-state index contributed by atoms with van der Waals surface area (Å²) in [5.74, 6) is 0. The van der Waals surface area contributed by atoms with E-state index in [4.69, 9.17) is 16.7 Å². The molecule has 4 heteroatoms. The number of aliphatic hydroxyl groups is 1. The Kier molecular flexibility index (Phi) is 7.28. The molecule has 1 unspecified atom stereocenters. The summed E-state index contributed by atoms with van der Waals surface area (Å²) in [4.78, 5) is 2.24. The van der Waals surface area contributed by atoms with Gasteiger partial charge in [-0.3, -0.25) is 0 Å². The van der Waals surface area contributed by atoms with Crippen molar-refractivity contribution >= 4 is 11.6 Å². The average molecular weight is 271 g/mol. The van der Waals surface area contributed by atoms with Crippen LogP contribution in [0, 0.1) is 0 Å². The van der Waals surface area contributed by atoms with Gasteiger partial charge in [-0.1, -0.05) is 23.7 Å². The molecular weight excluding hydrogens is 248 g/mol. The van der Waals surface area contributed by atoms with Gasteiger partial charge in [0.2, 0.25) is 0 Å². The molecule has 0 radical (unpaired) electrons. The Morgan fingerprint density at radius 1 is 1.39 bits per heavy atom. The van der Waals surface area contributed by atoms with Crippen molar-refractivity contribution in [3.8, 4) is 0 Å². The van der Waals surface area contributed by atoms with Crippen molar-refractivity contribution in [1.82, 2.24) is 10.2 Å². The van der Waals surface area contributed by atoms with Crippen LogP contribution in [0.2, 0.25) is 5.02 Å². The lowest BCUT2D eigenvalue weighted by Gasteiger charge is -2.21. The summed E-state index contributed by atoms with van der Waals surface area (Å²) in [5.41, 5.74) is 1.22. The lowest BCUT2D eigenvalue weighted by Crippen LogP contribution is -2.26. The molecule has 0 aromatic heterocycles. The molecule has 1 rings (SSSR count). The first-order valence-corrected chi connectivity index (χ1v) is 6.77. The van der Waals surface area contributed by atoms with E-state index in [1.165, 1.54) is 5.56 Å². The fourth-order valence-electron chi connectivity index (χ4n) is 2.00. The number of nitrogens with zero attached hydrogens (tertiary/aromatic N) is 1. The predicted molar refractivity (Wildman–Crippen MR) is 77.1 cm³/mol. The number of aliphatic hydroxyl groups excluding tert-OH is 1. The number of nitrogens with one attached hydrogen (secondary N) is 1. The third-order valence-corrected chi connectivity index (χ3v) is 3.33. The van der Waals surface area contributed by atoms with Gasteiger partial charge in [0.15, 0.2) is 0 Å². The maximum atomic E-state index is 8.79. The highest BCUT2D eigenvalue weighted by molar-refractivity contribution is 6.30. The van der Waals surface area contributed by atoms with Crippen molar-refractivity contribution in [2.45, 2.75) is 18.9 Å². The van der Waals surface area contributed by atoms with Crippen LogP contribution in [0.5, 0.6) is 0 Å². The van der Waals surface area contributed by atoms with E-state index in [9.17, 15) is 0 Å². The fraction of sp³-hybridized carbons (Fsp3) is 0.571. The van der Waals surface area contributed by atoms with Crippen LogP contribution in [0.1, 0.15) is 24.4 Å². The second-order valence-corrected chi connectivity index (χ2v) is 5.00. The van der Waals surface area contributed by atoms with Crippen LogP contribution in [0.3, 0.4) is 0 Å². The van der Waals surface area contributed by atoms with Crippen LogP contribution in [-0.4, -0.2) is 43.8 Å². The van der Waals surface area contributed by atoms with E-state index in [0.717, 1.165) is 31.0 Å². The van der Waals surface area contributed by atoms with Gasteiger partial charge in [0, 0.05) is 24.2 Å². The molecule has 0 fully saturated rings. The topological polar surface area (TPSA) is 35.5 Å². The lowest BCUT2D eigenvalue weighted by atomic mass is 10.0. The lowest BCUT2D eigenvalue weighted by molar-refractivity contribution is 0.242. The molecule has 0 heterocycles. The van der Waals surface area contributed by atoms with Gasteiger partial charge < -0.3 is 15.3 Å². The van der Waals surface area contributed by atoms with Crippen LogP contribution >= 0.6 is 11.6 Å². The van der Waals surface area contributed by atoms with Gasteiger partial charge in [-0.25, -0.2) is 0 Å². The van der Waals surface area contributed by atoms with Crippen LogP contribution in [-0.2, 0) is 0 Å². The quantitative estimate of drug-likeness (QED) is 0.761. The van der Waals surface area contributed by atoms with E-state index in [-0.39, 0.29) is 6.61 Å². The first-order chi connectivity index (χ1) is 8.67. The summed E-state index contributed by atoms with van der Waals surface area (Å²) in [6, 6.07) is 8.31. The fourth-order valence-corrected chi connectivity index (χ4v) is 2.20. The number of halogens is 1. The minimum atomic E-state index is 0.258. The number of hydrogen-bond acceptors (Lipinski definition) is 3. The molecule has 3 nitrogen and oxygen atoms in total. The van der Waals surface area contributed by atoms with E-state index in [0.29, 0.717) is 6.04 Å². The number of hydrogen-bond donors (Lipinski definition) is 2. The van der Waals surface area contributed by atoms with Crippen molar-refractivity contribution in [3.63, 3.8) is 0 Å². The molecule has 0 aliphatic carbocycles. The summed E-state index contributed by atoms with van der Waals surface area (Å²) < 4.78 is 0. The average Bonchev–Trinajstić information content (AvgIpc) is 2.37. The zero-order valence-corrected chi connectivity index (χ0v) is 12.0. The molecule has 1 atom stereocenters. The van der Waals surface area contributed by atoms with Gasteiger partial charge in [0.1, 0.15) is 0 Å². The summed E-state index contributed by atoms with van der Waals surface area (Å²) in [6.07, 6.45) is 1.86. The maximum absolute atomic E-state index is 8.79. The molecule has 2 N–H and O–H groups in total. The molecule has 102 valence electrons. The first kappa shape index (κ1) is 15.4. The molecule has 0 spiro atoms. The molecule has 0 bridgehead atoms. The highest BCUT2D eigenvalue weighted by Crippen LogP contribution is 2.20. The van der Waals surface area contributed by atoms with Gasteiger partial charge in [0.05, 0.1) is 0 Å². The van der Waals surface area contributed by atoms with Crippen LogP contribution in [0.15, 0.2) is 24.3 Å². The van der Waals surface area contributed by atoms with Crippen LogP contribution in [0.4, 0.5) is 0 Å². The molecule has 0 saturated carbocycles. The second-order valence-electron chi connectivity index (χ2n) is 4.57. The number of benzene rings is 1. The van der Waals surface area contributed by atoms with Crippen LogP contribution < -0.4 is 5.32 Å². The molecule has 1 aromatic rings. The Bertz CT molecular complexity index is 346. The predicted octanol–water partition coefficient (Wildman–Crippen LogP) is 2.30. The van der Waals surface area contributed by atoms with E-state index in [1.807, 2.05) is 25.2 Å². The Morgan fingerprint density at radius 3 is 2.78 bits per heavy atom. The van der Waals surface area contributed by atoms with Crippen molar-refractivity contribution < 1.29 is 5.11 Å². The third-order valence-electron chi connectivity index (χ3n) is 3.10. The maximum Gasteiger partial charge on any atom is 0.0443 e. The van der Waals surface area contributed by atoms with Crippen molar-refractivity contribution in [2.75, 3.05) is 33.8 Å². The highest BCUT2D eigenvalue weighted by Gasteiger charge is 2.10.